The Labute approximate surface area is 105 Å². The topological polar surface area (TPSA) is 58.6 Å². The quantitative estimate of drug-likeness (QED) is 0.835. The van der Waals surface area contributed by atoms with Gasteiger partial charge in [0.05, 0.1) is 10.7 Å². The summed E-state index contributed by atoms with van der Waals surface area (Å²) in [6.07, 6.45) is -4.48. The molecule has 2 N–H and O–H groups in total. The molecular formula is C10H9ClF3NO3. The number of halogens is 4. The number of hydrogen-bond acceptors (Lipinski definition) is 3. The van der Waals surface area contributed by atoms with Gasteiger partial charge in [-0.05, 0) is 12.1 Å². The van der Waals surface area contributed by atoms with E-state index in [1.165, 1.54) is 18.2 Å². The van der Waals surface area contributed by atoms with E-state index in [4.69, 9.17) is 16.7 Å². The standard InChI is InChI=1S/C10H9ClF3NO3/c11-7-3-6(16)1-2-8(7)15-9(17)4-18-5-10(12,13)14/h1-3,16H,4-5H2,(H,15,17). The van der Waals surface area contributed by atoms with Gasteiger partial charge in [-0.15, -0.1) is 0 Å². The Morgan fingerprint density at radius 1 is 1.44 bits per heavy atom. The molecule has 0 fully saturated rings. The van der Waals surface area contributed by atoms with Gasteiger partial charge in [0.1, 0.15) is 19.0 Å². The summed E-state index contributed by atoms with van der Waals surface area (Å²) < 4.78 is 39.4. The first kappa shape index (κ1) is 14.6. The lowest BCUT2D eigenvalue weighted by Gasteiger charge is -2.09. The largest absolute Gasteiger partial charge is 0.508 e. The Kier molecular flexibility index (Phi) is 4.80. The molecule has 0 spiro atoms. The second kappa shape index (κ2) is 5.92. The predicted molar refractivity (Wildman–Crippen MR) is 58.6 cm³/mol. The number of ether oxygens (including phenoxy) is 1. The average molecular weight is 284 g/mol. The van der Waals surface area contributed by atoms with Gasteiger partial charge >= 0.3 is 6.18 Å². The zero-order chi connectivity index (χ0) is 13.8. The highest BCUT2D eigenvalue weighted by molar-refractivity contribution is 6.33. The first-order chi connectivity index (χ1) is 8.28. The highest BCUT2D eigenvalue weighted by atomic mass is 35.5. The fourth-order valence-electron chi connectivity index (χ4n) is 1.05. The number of carbonyl (C=O) groups is 1. The number of amides is 1. The van der Waals surface area contributed by atoms with E-state index in [1.54, 1.807) is 0 Å². The van der Waals surface area contributed by atoms with Crippen molar-refractivity contribution in [3.63, 3.8) is 0 Å². The number of carbonyl (C=O) groups excluding carboxylic acids is 1. The zero-order valence-corrected chi connectivity index (χ0v) is 9.68. The lowest BCUT2D eigenvalue weighted by molar-refractivity contribution is -0.174. The molecule has 0 aliphatic carbocycles. The predicted octanol–water partition coefficient (Wildman–Crippen LogP) is 2.56. The van der Waals surface area contributed by atoms with Gasteiger partial charge < -0.3 is 15.2 Å². The molecule has 1 amide bonds. The molecule has 1 rings (SSSR count). The third-order valence-electron chi connectivity index (χ3n) is 1.73. The summed E-state index contributed by atoms with van der Waals surface area (Å²) in [5.41, 5.74) is 0.176. The minimum Gasteiger partial charge on any atom is -0.508 e. The normalized spacial score (nSPS) is 11.3. The van der Waals surface area contributed by atoms with Crippen LogP contribution in [-0.4, -0.2) is 30.4 Å². The van der Waals surface area contributed by atoms with Crippen LogP contribution in [0.15, 0.2) is 18.2 Å². The van der Waals surface area contributed by atoms with Crippen LogP contribution in [0.3, 0.4) is 0 Å². The Bertz CT molecular complexity index is 437. The summed E-state index contributed by atoms with van der Waals surface area (Å²) in [7, 11) is 0. The molecule has 0 atom stereocenters. The van der Waals surface area contributed by atoms with Crippen molar-refractivity contribution in [1.82, 2.24) is 0 Å². The van der Waals surface area contributed by atoms with Gasteiger partial charge in [0, 0.05) is 6.07 Å². The minimum atomic E-state index is -4.48. The highest BCUT2D eigenvalue weighted by Crippen LogP contribution is 2.25. The van der Waals surface area contributed by atoms with Gasteiger partial charge in [-0.1, -0.05) is 11.6 Å². The van der Waals surface area contributed by atoms with E-state index in [0.717, 1.165) is 0 Å². The van der Waals surface area contributed by atoms with Crippen molar-refractivity contribution in [2.75, 3.05) is 18.5 Å². The summed E-state index contributed by atoms with van der Waals surface area (Å²) >= 11 is 5.68. The first-order valence-corrected chi connectivity index (χ1v) is 5.08. The van der Waals surface area contributed by atoms with Crippen molar-refractivity contribution < 1.29 is 27.8 Å². The maximum atomic E-state index is 11.7. The fourth-order valence-corrected chi connectivity index (χ4v) is 1.27. The van der Waals surface area contributed by atoms with Crippen molar-refractivity contribution in [2.45, 2.75) is 6.18 Å². The molecule has 8 heteroatoms. The van der Waals surface area contributed by atoms with Crippen molar-refractivity contribution in [2.24, 2.45) is 0 Å². The lowest BCUT2D eigenvalue weighted by Crippen LogP contribution is -2.24. The Morgan fingerprint density at radius 3 is 2.67 bits per heavy atom. The van der Waals surface area contributed by atoms with Crippen LogP contribution in [0.4, 0.5) is 18.9 Å². The van der Waals surface area contributed by atoms with E-state index in [2.05, 4.69) is 10.1 Å². The summed E-state index contributed by atoms with van der Waals surface area (Å²) in [5, 5.41) is 11.4. The second-order valence-electron chi connectivity index (χ2n) is 3.32. The molecule has 0 radical (unpaired) electrons. The number of hydrogen-bond donors (Lipinski definition) is 2. The molecule has 0 unspecified atom stereocenters. The van der Waals surface area contributed by atoms with E-state index >= 15 is 0 Å². The first-order valence-electron chi connectivity index (χ1n) is 4.71. The third-order valence-corrected chi connectivity index (χ3v) is 2.04. The summed E-state index contributed by atoms with van der Waals surface area (Å²) in [4.78, 5) is 11.2. The molecule has 1 aromatic rings. The van der Waals surface area contributed by atoms with Gasteiger partial charge in [0.2, 0.25) is 5.91 Å². The van der Waals surface area contributed by atoms with E-state index in [1.807, 2.05) is 0 Å². The number of alkyl halides is 3. The molecule has 0 saturated heterocycles. The van der Waals surface area contributed by atoms with Crippen molar-refractivity contribution in [3.05, 3.63) is 23.2 Å². The molecule has 1 aromatic carbocycles. The Morgan fingerprint density at radius 2 is 2.11 bits per heavy atom. The van der Waals surface area contributed by atoms with Gasteiger partial charge in [-0.25, -0.2) is 0 Å². The maximum absolute atomic E-state index is 11.7. The van der Waals surface area contributed by atoms with Gasteiger partial charge in [-0.2, -0.15) is 13.2 Å². The zero-order valence-electron chi connectivity index (χ0n) is 8.92. The van der Waals surface area contributed by atoms with Crippen LogP contribution < -0.4 is 5.32 Å². The summed E-state index contributed by atoms with van der Waals surface area (Å²) in [6, 6.07) is 3.78. The number of aromatic hydroxyl groups is 1. The fraction of sp³-hybridized carbons (Fsp3) is 0.300. The van der Waals surface area contributed by atoms with E-state index < -0.39 is 25.3 Å². The number of nitrogens with one attached hydrogen (secondary N) is 1. The van der Waals surface area contributed by atoms with Crippen LogP contribution in [0.5, 0.6) is 5.75 Å². The third kappa shape index (κ3) is 5.24. The molecule has 0 aliphatic heterocycles. The minimum absolute atomic E-state index is 0.0687. The molecule has 0 aromatic heterocycles. The average Bonchev–Trinajstić information content (AvgIpc) is 2.20. The summed E-state index contributed by atoms with van der Waals surface area (Å²) in [6.45, 7) is -2.24. The van der Waals surface area contributed by atoms with Crippen LogP contribution in [0, 0.1) is 0 Å². The van der Waals surface area contributed by atoms with E-state index in [-0.39, 0.29) is 16.5 Å². The number of benzene rings is 1. The molecule has 0 heterocycles. The van der Waals surface area contributed by atoms with Gasteiger partial charge in [-0.3, -0.25) is 4.79 Å². The highest BCUT2D eigenvalue weighted by Gasteiger charge is 2.27. The Balaban J connectivity index is 2.45. The van der Waals surface area contributed by atoms with E-state index in [0.29, 0.717) is 0 Å². The number of anilines is 1. The van der Waals surface area contributed by atoms with Crippen molar-refractivity contribution in [3.8, 4) is 5.75 Å². The SMILES string of the molecule is O=C(COCC(F)(F)F)Nc1ccc(O)cc1Cl. The van der Waals surface area contributed by atoms with Crippen LogP contribution in [-0.2, 0) is 9.53 Å². The van der Waals surface area contributed by atoms with Gasteiger partial charge in [0.15, 0.2) is 0 Å². The molecule has 4 nitrogen and oxygen atoms in total. The van der Waals surface area contributed by atoms with Crippen LogP contribution in [0.1, 0.15) is 0 Å². The molecule has 0 bridgehead atoms. The smallest absolute Gasteiger partial charge is 0.411 e. The summed E-state index contributed by atoms with van der Waals surface area (Å²) in [5.74, 6) is -0.863. The monoisotopic (exact) mass is 283 g/mol. The van der Waals surface area contributed by atoms with Crippen molar-refractivity contribution in [1.29, 1.82) is 0 Å². The number of phenols is 1. The second-order valence-corrected chi connectivity index (χ2v) is 3.73. The molecular weight excluding hydrogens is 275 g/mol. The van der Waals surface area contributed by atoms with Crippen molar-refractivity contribution >= 4 is 23.2 Å². The van der Waals surface area contributed by atoms with Crippen LogP contribution >= 0.6 is 11.6 Å². The lowest BCUT2D eigenvalue weighted by atomic mass is 10.3. The molecule has 0 saturated carbocycles. The number of rotatable bonds is 4. The Hall–Kier alpha value is -1.47. The van der Waals surface area contributed by atoms with Crippen LogP contribution in [0.2, 0.25) is 5.02 Å². The number of phenolic OH excluding ortho intramolecular Hbond substituents is 1. The molecule has 0 aliphatic rings. The molecule has 100 valence electrons. The van der Waals surface area contributed by atoms with Crippen LogP contribution in [0.25, 0.3) is 0 Å². The van der Waals surface area contributed by atoms with Gasteiger partial charge in [0.25, 0.3) is 0 Å². The molecule has 18 heavy (non-hydrogen) atoms. The van der Waals surface area contributed by atoms with E-state index in [9.17, 15) is 18.0 Å². The maximum Gasteiger partial charge on any atom is 0.411 e.